The lowest BCUT2D eigenvalue weighted by molar-refractivity contribution is -0.150. The Hall–Kier alpha value is -2.83. The number of nitrogens with one attached hydrogen (secondary N) is 2. The molecule has 0 amide bonds. The molecule has 1 aliphatic heterocycles. The number of aryl methyl sites for hydroxylation is 1. The Balaban J connectivity index is 1.42. The van der Waals surface area contributed by atoms with E-state index in [0.29, 0.717) is 5.56 Å². The zero-order valence-electron chi connectivity index (χ0n) is 20.4. The predicted molar refractivity (Wildman–Crippen MR) is 127 cm³/mol. The van der Waals surface area contributed by atoms with Crippen LogP contribution in [0.15, 0.2) is 40.1 Å². The number of benzene rings is 1. The molecule has 2 N–H and O–H groups in total. The molecule has 2 aliphatic rings. The largest absolute Gasteiger partial charge is 0.461 e. The summed E-state index contributed by atoms with van der Waals surface area (Å²) in [5.74, 6) is -1.09. The molecule has 0 bridgehead atoms. The van der Waals surface area contributed by atoms with Crippen molar-refractivity contribution in [3.05, 3.63) is 62.7 Å². The van der Waals surface area contributed by atoms with Gasteiger partial charge in [0, 0.05) is 11.8 Å². The minimum atomic E-state index is -4.23. The van der Waals surface area contributed by atoms with Crippen LogP contribution >= 0.6 is 7.75 Å². The molecule has 1 saturated carbocycles. The van der Waals surface area contributed by atoms with E-state index in [2.05, 4.69) is 10.1 Å². The minimum absolute atomic E-state index is 0.0370. The highest BCUT2D eigenvalue weighted by Crippen LogP contribution is 2.45. The van der Waals surface area contributed by atoms with E-state index in [1.807, 2.05) is 0 Å². The van der Waals surface area contributed by atoms with Crippen LogP contribution in [0.4, 0.5) is 4.39 Å². The van der Waals surface area contributed by atoms with Gasteiger partial charge in [-0.1, -0.05) is 0 Å². The molecule has 2 aromatic rings. The summed E-state index contributed by atoms with van der Waals surface area (Å²) < 4.78 is 55.8. The first-order valence-corrected chi connectivity index (χ1v) is 13.4. The molecule has 12 nitrogen and oxygen atoms in total. The van der Waals surface area contributed by atoms with Gasteiger partial charge < -0.3 is 18.7 Å². The third-order valence-electron chi connectivity index (χ3n) is 5.90. The molecular weight excluding hydrogens is 512 g/mol. The van der Waals surface area contributed by atoms with Crippen LogP contribution < -0.4 is 20.9 Å². The molecule has 4 rings (SSSR count). The second-order valence-electron chi connectivity index (χ2n) is 8.86. The molecule has 202 valence electrons. The van der Waals surface area contributed by atoms with Crippen LogP contribution in [0.25, 0.3) is 0 Å². The molecule has 2 fully saturated rings. The van der Waals surface area contributed by atoms with Gasteiger partial charge in [-0.15, -0.1) is 0 Å². The van der Waals surface area contributed by atoms with Gasteiger partial charge in [0.1, 0.15) is 30.3 Å². The van der Waals surface area contributed by atoms with Gasteiger partial charge >= 0.3 is 19.4 Å². The molecule has 1 unspecified atom stereocenters. The summed E-state index contributed by atoms with van der Waals surface area (Å²) in [4.78, 5) is 38.5. The molecule has 0 radical (unpaired) electrons. The molecule has 2 heterocycles. The summed E-state index contributed by atoms with van der Waals surface area (Å²) in [5, 5.41) is 2.56. The van der Waals surface area contributed by atoms with E-state index in [4.69, 9.17) is 23.3 Å². The highest BCUT2D eigenvalue weighted by molar-refractivity contribution is 7.52. The molecule has 1 aromatic carbocycles. The van der Waals surface area contributed by atoms with Crippen LogP contribution in [0, 0.1) is 12.7 Å². The Labute approximate surface area is 211 Å². The fourth-order valence-corrected chi connectivity index (χ4v) is 5.40. The van der Waals surface area contributed by atoms with E-state index >= 15 is 0 Å². The number of ether oxygens (including phenoxy) is 3. The normalized spacial score (nSPS) is 22.5. The van der Waals surface area contributed by atoms with Crippen molar-refractivity contribution < 1.29 is 37.0 Å². The third-order valence-corrected chi connectivity index (χ3v) is 7.54. The average molecular weight is 541 g/mol. The number of aromatic amines is 1. The fraction of sp³-hybridized carbons (Fsp3) is 0.522. The number of H-pyrrole nitrogens is 1. The SMILES string of the molecule is Cc1cn([C@H]2CO[C@@H](COP(=O)(N[C@@H](C)C(=O)OC3CCCC3)Oc3ccc(F)cc3)O2)c(=O)[nH]c1=O. The van der Waals surface area contributed by atoms with Gasteiger partial charge in [-0.3, -0.25) is 23.7 Å². The van der Waals surface area contributed by atoms with Gasteiger partial charge in [0.05, 0.1) is 6.61 Å². The van der Waals surface area contributed by atoms with Gasteiger partial charge in [-0.25, -0.2) is 13.8 Å². The molecule has 1 aromatic heterocycles. The maximum Gasteiger partial charge on any atom is 0.459 e. The van der Waals surface area contributed by atoms with E-state index in [1.54, 1.807) is 6.92 Å². The van der Waals surface area contributed by atoms with E-state index in [1.165, 1.54) is 29.8 Å². The second kappa shape index (κ2) is 11.7. The minimum Gasteiger partial charge on any atom is -0.461 e. The summed E-state index contributed by atoms with van der Waals surface area (Å²) in [6.07, 6.45) is 2.75. The summed E-state index contributed by atoms with van der Waals surface area (Å²) in [6, 6.07) is 3.72. The van der Waals surface area contributed by atoms with Crippen molar-refractivity contribution in [2.24, 2.45) is 0 Å². The van der Waals surface area contributed by atoms with Crippen molar-refractivity contribution in [1.82, 2.24) is 14.6 Å². The Morgan fingerprint density at radius 3 is 2.68 bits per heavy atom. The lowest BCUT2D eigenvalue weighted by Gasteiger charge is -2.24. The number of hydrogen-bond donors (Lipinski definition) is 2. The van der Waals surface area contributed by atoms with Gasteiger partial charge in [-0.2, -0.15) is 5.09 Å². The molecule has 14 heteroatoms. The second-order valence-corrected chi connectivity index (χ2v) is 10.6. The maximum atomic E-state index is 13.6. The van der Waals surface area contributed by atoms with Crippen molar-refractivity contribution in [2.75, 3.05) is 13.2 Å². The number of halogens is 1. The zero-order valence-corrected chi connectivity index (χ0v) is 21.3. The standard InChI is InChI=1S/C23H29FN3O9P/c1-14-11-27(23(30)25-21(14)28)19-12-32-20(35-19)13-33-37(31,36-18-9-7-16(24)8-10-18)26-15(2)22(29)34-17-5-3-4-6-17/h7-11,15,17,19-20H,3-6,12-13H2,1-2H3,(H,26,31)(H,25,28,30)/t15-,19+,20+,37?/m0/s1. The Kier molecular flexibility index (Phi) is 8.60. The van der Waals surface area contributed by atoms with E-state index in [9.17, 15) is 23.3 Å². The van der Waals surface area contributed by atoms with Crippen molar-refractivity contribution in [3.63, 3.8) is 0 Å². The zero-order chi connectivity index (χ0) is 26.6. The molecule has 37 heavy (non-hydrogen) atoms. The number of aromatic nitrogens is 2. The lowest BCUT2D eigenvalue weighted by Crippen LogP contribution is -2.37. The Bertz CT molecular complexity index is 1260. The Morgan fingerprint density at radius 2 is 1.97 bits per heavy atom. The van der Waals surface area contributed by atoms with E-state index in [0.717, 1.165) is 37.8 Å². The Morgan fingerprint density at radius 1 is 1.27 bits per heavy atom. The van der Waals surface area contributed by atoms with Crippen molar-refractivity contribution in [3.8, 4) is 5.75 Å². The van der Waals surface area contributed by atoms with Gasteiger partial charge in [-0.05, 0) is 63.8 Å². The predicted octanol–water partition coefficient (Wildman–Crippen LogP) is 2.52. The summed E-state index contributed by atoms with van der Waals surface area (Å²) in [6.45, 7) is 2.56. The van der Waals surface area contributed by atoms with Crippen LogP contribution in [0.5, 0.6) is 5.75 Å². The van der Waals surface area contributed by atoms with Crippen LogP contribution in [0.3, 0.4) is 0 Å². The summed E-state index contributed by atoms with van der Waals surface area (Å²) in [5.41, 5.74) is -0.874. The highest BCUT2D eigenvalue weighted by Gasteiger charge is 2.36. The average Bonchev–Trinajstić information content (AvgIpc) is 3.54. The van der Waals surface area contributed by atoms with E-state index in [-0.39, 0.29) is 18.5 Å². The fourth-order valence-electron chi connectivity index (χ4n) is 3.92. The number of hydrogen-bond acceptors (Lipinski definition) is 9. The van der Waals surface area contributed by atoms with Gasteiger partial charge in [0.15, 0.2) is 12.5 Å². The number of esters is 1. The van der Waals surface area contributed by atoms with Gasteiger partial charge in [0.2, 0.25) is 0 Å². The maximum absolute atomic E-state index is 13.6. The van der Waals surface area contributed by atoms with Crippen molar-refractivity contribution in [1.29, 1.82) is 0 Å². The number of carbonyl (C=O) groups is 1. The van der Waals surface area contributed by atoms with Crippen LogP contribution in [0.2, 0.25) is 0 Å². The highest BCUT2D eigenvalue weighted by atomic mass is 31.2. The molecule has 0 spiro atoms. The molecular formula is C23H29FN3O9P. The molecule has 4 atom stereocenters. The summed E-state index contributed by atoms with van der Waals surface area (Å²) in [7, 11) is -4.23. The first-order chi connectivity index (χ1) is 17.6. The number of carbonyl (C=O) groups excluding carboxylic acids is 1. The van der Waals surface area contributed by atoms with Crippen LogP contribution in [-0.2, 0) is 28.1 Å². The van der Waals surface area contributed by atoms with Crippen molar-refractivity contribution >= 4 is 13.7 Å². The molecule has 1 saturated heterocycles. The van der Waals surface area contributed by atoms with Gasteiger partial charge in [0.25, 0.3) is 5.56 Å². The van der Waals surface area contributed by atoms with Crippen molar-refractivity contribution in [2.45, 2.75) is 64.2 Å². The first-order valence-electron chi connectivity index (χ1n) is 11.9. The third kappa shape index (κ3) is 7.14. The smallest absolute Gasteiger partial charge is 0.459 e. The van der Waals surface area contributed by atoms with E-state index < -0.39 is 55.9 Å². The number of nitrogens with zero attached hydrogens (tertiary/aromatic N) is 1. The van der Waals surface area contributed by atoms with Crippen LogP contribution in [0.1, 0.15) is 44.4 Å². The lowest BCUT2D eigenvalue weighted by atomic mass is 10.3. The number of rotatable bonds is 10. The van der Waals surface area contributed by atoms with Crippen LogP contribution in [-0.4, -0.2) is 47.2 Å². The first kappa shape index (κ1) is 27.2. The molecule has 1 aliphatic carbocycles. The quantitative estimate of drug-likeness (QED) is 0.340. The monoisotopic (exact) mass is 541 g/mol. The topological polar surface area (TPSA) is 147 Å². The summed E-state index contributed by atoms with van der Waals surface area (Å²) >= 11 is 0.